The van der Waals surface area contributed by atoms with E-state index in [0.29, 0.717) is 17.9 Å². The van der Waals surface area contributed by atoms with Gasteiger partial charge in [-0.15, -0.1) is 0 Å². The lowest BCUT2D eigenvalue weighted by Gasteiger charge is -2.20. The number of urea groups is 1. The van der Waals surface area contributed by atoms with Gasteiger partial charge in [0.05, 0.1) is 14.2 Å². The first-order valence-electron chi connectivity index (χ1n) is 7.41. The smallest absolute Gasteiger partial charge is 0.326 e. The minimum atomic E-state index is -1.04. The molecule has 1 aromatic rings. The van der Waals surface area contributed by atoms with Gasteiger partial charge < -0.3 is 25.2 Å². The highest BCUT2D eigenvalue weighted by Crippen LogP contribution is 2.24. The lowest BCUT2D eigenvalue weighted by atomic mass is 9.99. The summed E-state index contributed by atoms with van der Waals surface area (Å²) in [5, 5.41) is 14.3. The van der Waals surface area contributed by atoms with Gasteiger partial charge in [0.15, 0.2) is 0 Å². The molecule has 23 heavy (non-hydrogen) atoms. The quantitative estimate of drug-likeness (QED) is 0.679. The molecule has 0 radical (unpaired) electrons. The van der Waals surface area contributed by atoms with Gasteiger partial charge in [0, 0.05) is 18.2 Å². The van der Waals surface area contributed by atoms with Crippen molar-refractivity contribution in [3.8, 4) is 11.5 Å². The largest absolute Gasteiger partial charge is 0.497 e. The zero-order valence-corrected chi connectivity index (χ0v) is 13.9. The molecule has 0 spiro atoms. The fourth-order valence-corrected chi connectivity index (χ4v) is 2.05. The fourth-order valence-electron chi connectivity index (χ4n) is 2.05. The number of methoxy groups -OCH3 is 2. The van der Waals surface area contributed by atoms with E-state index in [1.807, 2.05) is 6.92 Å². The van der Waals surface area contributed by atoms with E-state index in [4.69, 9.17) is 9.47 Å². The van der Waals surface area contributed by atoms with E-state index in [-0.39, 0.29) is 12.5 Å². The van der Waals surface area contributed by atoms with Crippen molar-refractivity contribution in [1.29, 1.82) is 0 Å². The van der Waals surface area contributed by atoms with Gasteiger partial charge in [-0.1, -0.05) is 20.3 Å². The summed E-state index contributed by atoms with van der Waals surface area (Å²) in [7, 11) is 3.09. The maximum absolute atomic E-state index is 11.9. The number of ether oxygens (including phenoxy) is 2. The molecular weight excluding hydrogens is 300 g/mol. The van der Waals surface area contributed by atoms with Gasteiger partial charge in [0.1, 0.15) is 17.5 Å². The number of amides is 2. The molecule has 3 N–H and O–H groups in total. The summed E-state index contributed by atoms with van der Waals surface area (Å²) in [4.78, 5) is 23.1. The highest BCUT2D eigenvalue weighted by molar-refractivity contribution is 5.82. The predicted octanol–water partition coefficient (Wildman–Crippen LogP) is 2.00. The van der Waals surface area contributed by atoms with E-state index in [9.17, 15) is 14.7 Å². The first-order valence-corrected chi connectivity index (χ1v) is 7.41. The molecule has 0 aliphatic heterocycles. The van der Waals surface area contributed by atoms with Gasteiger partial charge in [-0.3, -0.25) is 0 Å². The number of benzene rings is 1. The van der Waals surface area contributed by atoms with Crippen LogP contribution in [0.1, 0.15) is 25.8 Å². The van der Waals surface area contributed by atoms with Crippen LogP contribution in [0.15, 0.2) is 18.2 Å². The fraction of sp³-hybridized carbons (Fsp3) is 0.500. The van der Waals surface area contributed by atoms with E-state index in [1.165, 1.54) is 7.11 Å². The second kappa shape index (κ2) is 8.87. The normalized spacial score (nSPS) is 12.9. The monoisotopic (exact) mass is 324 g/mol. The number of nitrogens with one attached hydrogen (secondary N) is 2. The standard InChI is InChI=1S/C16H24N2O5/c1-5-10(2)14(15(19)20)18-16(21)17-9-11-6-7-12(22-3)8-13(11)23-4/h6-8,10,14H,5,9H2,1-4H3,(H,19,20)(H2,17,18,21)/t10-,14+/m1/s1. The Hall–Kier alpha value is -2.44. The molecule has 0 fully saturated rings. The van der Waals surface area contributed by atoms with Crippen LogP contribution in [-0.4, -0.2) is 37.4 Å². The van der Waals surface area contributed by atoms with E-state index < -0.39 is 18.0 Å². The average Bonchev–Trinajstić information content (AvgIpc) is 2.56. The van der Waals surface area contributed by atoms with Crippen LogP contribution in [0, 0.1) is 5.92 Å². The Kier molecular flexibility index (Phi) is 7.18. The van der Waals surface area contributed by atoms with E-state index in [2.05, 4.69) is 10.6 Å². The van der Waals surface area contributed by atoms with Crippen molar-refractivity contribution in [2.24, 2.45) is 5.92 Å². The summed E-state index contributed by atoms with van der Waals surface area (Å²) in [6, 6.07) is 3.81. The minimum absolute atomic E-state index is 0.159. The Balaban J connectivity index is 2.67. The molecule has 0 aliphatic carbocycles. The lowest BCUT2D eigenvalue weighted by Crippen LogP contribution is -2.48. The number of hydrogen-bond donors (Lipinski definition) is 3. The van der Waals surface area contributed by atoms with Crippen molar-refractivity contribution in [1.82, 2.24) is 10.6 Å². The molecular formula is C16H24N2O5. The molecule has 1 rings (SSSR count). The predicted molar refractivity (Wildman–Crippen MR) is 85.8 cm³/mol. The molecule has 0 heterocycles. The molecule has 0 bridgehead atoms. The highest BCUT2D eigenvalue weighted by Gasteiger charge is 2.25. The molecule has 0 aromatic heterocycles. The van der Waals surface area contributed by atoms with Crippen molar-refractivity contribution in [2.75, 3.05) is 14.2 Å². The maximum Gasteiger partial charge on any atom is 0.326 e. The van der Waals surface area contributed by atoms with Crippen LogP contribution in [0.4, 0.5) is 4.79 Å². The minimum Gasteiger partial charge on any atom is -0.497 e. The lowest BCUT2D eigenvalue weighted by molar-refractivity contribution is -0.140. The number of aliphatic carboxylic acids is 1. The van der Waals surface area contributed by atoms with Crippen molar-refractivity contribution >= 4 is 12.0 Å². The summed E-state index contributed by atoms with van der Waals surface area (Å²) >= 11 is 0. The molecule has 7 heteroatoms. The van der Waals surface area contributed by atoms with E-state index in [1.54, 1.807) is 32.2 Å². The number of rotatable bonds is 8. The molecule has 0 saturated heterocycles. The van der Waals surface area contributed by atoms with Gasteiger partial charge >= 0.3 is 12.0 Å². The van der Waals surface area contributed by atoms with Crippen molar-refractivity contribution in [3.63, 3.8) is 0 Å². The third kappa shape index (κ3) is 5.36. The van der Waals surface area contributed by atoms with Crippen LogP contribution >= 0.6 is 0 Å². The molecule has 2 amide bonds. The molecule has 0 unspecified atom stereocenters. The third-order valence-corrected chi connectivity index (χ3v) is 3.70. The topological polar surface area (TPSA) is 96.9 Å². The Bertz CT molecular complexity index is 547. The van der Waals surface area contributed by atoms with Crippen LogP contribution in [-0.2, 0) is 11.3 Å². The Morgan fingerprint density at radius 2 is 1.96 bits per heavy atom. The zero-order valence-electron chi connectivity index (χ0n) is 13.9. The zero-order chi connectivity index (χ0) is 17.4. The maximum atomic E-state index is 11.9. The van der Waals surface area contributed by atoms with Crippen LogP contribution < -0.4 is 20.1 Å². The van der Waals surface area contributed by atoms with Gasteiger partial charge in [-0.05, 0) is 18.1 Å². The second-order valence-corrected chi connectivity index (χ2v) is 5.21. The number of carbonyl (C=O) groups is 2. The van der Waals surface area contributed by atoms with Crippen LogP contribution in [0.3, 0.4) is 0 Å². The Morgan fingerprint density at radius 1 is 1.26 bits per heavy atom. The summed E-state index contributed by atoms with van der Waals surface area (Å²) in [6.07, 6.45) is 0.656. The van der Waals surface area contributed by atoms with Crippen molar-refractivity contribution in [3.05, 3.63) is 23.8 Å². The van der Waals surface area contributed by atoms with E-state index >= 15 is 0 Å². The molecule has 2 atom stereocenters. The molecule has 0 saturated carbocycles. The van der Waals surface area contributed by atoms with Crippen molar-refractivity contribution < 1.29 is 24.2 Å². The van der Waals surface area contributed by atoms with Gasteiger partial charge in [0.2, 0.25) is 0 Å². The number of carbonyl (C=O) groups excluding carboxylic acids is 1. The molecule has 0 aliphatic rings. The summed E-state index contributed by atoms with van der Waals surface area (Å²) < 4.78 is 10.4. The first-order chi connectivity index (χ1) is 10.9. The van der Waals surface area contributed by atoms with Crippen molar-refractivity contribution in [2.45, 2.75) is 32.9 Å². The van der Waals surface area contributed by atoms with Gasteiger partial charge in [0.25, 0.3) is 0 Å². The summed E-state index contributed by atoms with van der Waals surface area (Å²) in [6.45, 7) is 3.87. The van der Waals surface area contributed by atoms with Crippen LogP contribution in [0.5, 0.6) is 11.5 Å². The Morgan fingerprint density at radius 3 is 2.48 bits per heavy atom. The van der Waals surface area contributed by atoms with Gasteiger partial charge in [-0.25, -0.2) is 9.59 Å². The molecule has 7 nitrogen and oxygen atoms in total. The Labute approximate surface area is 136 Å². The number of hydrogen-bond acceptors (Lipinski definition) is 4. The average molecular weight is 324 g/mol. The number of carboxylic acids is 1. The van der Waals surface area contributed by atoms with Gasteiger partial charge in [-0.2, -0.15) is 0 Å². The molecule has 128 valence electrons. The highest BCUT2D eigenvalue weighted by atomic mass is 16.5. The SMILES string of the molecule is CC[C@@H](C)[C@H](NC(=O)NCc1ccc(OC)cc1OC)C(=O)O. The van der Waals surface area contributed by atoms with Crippen LogP contribution in [0.25, 0.3) is 0 Å². The summed E-state index contributed by atoms with van der Waals surface area (Å²) in [5.41, 5.74) is 0.763. The second-order valence-electron chi connectivity index (χ2n) is 5.21. The summed E-state index contributed by atoms with van der Waals surface area (Å²) in [5.74, 6) is 0.0319. The number of carboxylic acid groups (broad SMARTS) is 1. The van der Waals surface area contributed by atoms with Crippen LogP contribution in [0.2, 0.25) is 0 Å². The first kappa shape index (κ1) is 18.6. The molecule has 1 aromatic carbocycles. The third-order valence-electron chi connectivity index (χ3n) is 3.70. The van der Waals surface area contributed by atoms with E-state index in [0.717, 1.165) is 5.56 Å².